The van der Waals surface area contributed by atoms with Gasteiger partial charge in [-0.05, 0) is 57.7 Å². The van der Waals surface area contributed by atoms with Crippen LogP contribution in [-0.2, 0) is 19.7 Å². The number of aliphatic hydroxyl groups is 1. The highest BCUT2D eigenvalue weighted by atomic mass is 16.5. The van der Waals surface area contributed by atoms with Crippen molar-refractivity contribution in [3.8, 4) is 5.75 Å². The molecule has 0 aliphatic rings. The van der Waals surface area contributed by atoms with Crippen molar-refractivity contribution < 1.29 is 9.84 Å². The molecular weight excluding hydrogens is 450 g/mol. The lowest BCUT2D eigenvalue weighted by Crippen LogP contribution is -2.20. The normalized spacial score (nSPS) is 12.8. The largest absolute Gasteiger partial charge is 0.496 e. The van der Waals surface area contributed by atoms with Crippen molar-refractivity contribution in [1.82, 2.24) is 14.9 Å². The number of pyridine rings is 1. The zero-order valence-electron chi connectivity index (χ0n) is 23.4. The lowest BCUT2D eigenvalue weighted by molar-refractivity contribution is 0.281. The maximum absolute atomic E-state index is 11.4. The van der Waals surface area contributed by atoms with E-state index in [0.717, 1.165) is 29.6 Å². The molecule has 0 aliphatic carbocycles. The third kappa shape index (κ3) is 7.71. The smallest absolute Gasteiger partial charge is 0.256 e. The average molecular weight is 498 g/mol. The molecule has 3 rings (SSSR count). The molecule has 6 heteroatoms. The summed E-state index contributed by atoms with van der Waals surface area (Å²) in [6.07, 6.45) is 6.45. The first-order valence-electron chi connectivity index (χ1n) is 13.4. The molecule has 3 N–H and O–H groups in total. The number of rotatable bonds is 12. The number of aliphatic hydroxyl groups excluding tert-OH is 1. The molecule has 0 fully saturated rings. The Labute approximate surface area is 217 Å². The second-order valence-electron chi connectivity index (χ2n) is 9.95. The first-order valence-corrected chi connectivity index (χ1v) is 13.4. The first kappa shape index (κ1) is 29.7. The van der Waals surface area contributed by atoms with E-state index < -0.39 is 0 Å². The van der Waals surface area contributed by atoms with Gasteiger partial charge in [0.05, 0.1) is 19.3 Å². The maximum atomic E-state index is 11.4. The number of benzene rings is 1. The van der Waals surface area contributed by atoms with E-state index in [4.69, 9.17) is 4.74 Å². The van der Waals surface area contributed by atoms with Gasteiger partial charge in [-0.2, -0.15) is 0 Å². The molecule has 0 bridgehead atoms. The Balaban J connectivity index is 0.000000297. The fourth-order valence-electron chi connectivity index (χ4n) is 4.87. The van der Waals surface area contributed by atoms with Crippen molar-refractivity contribution >= 4 is 10.9 Å². The minimum Gasteiger partial charge on any atom is -0.496 e. The van der Waals surface area contributed by atoms with E-state index in [9.17, 15) is 9.90 Å². The standard InChI is InChI=1S/C21H33NO.C9H14N2O2/c1-5-9-18(13-12-16(3)6-2)14-22-17(4)20(15-23)19-10-7-8-11-21(19)22;1-6-4-8(13-3)7(5-10-2)9(12)11-6/h7-8,10-11,16,18,23H,5-6,9,12-15H2,1-4H3;4,10H,5H2,1-3H3,(H,11,12). The molecular formula is C30H47N3O3. The lowest BCUT2D eigenvalue weighted by atomic mass is 9.92. The summed E-state index contributed by atoms with van der Waals surface area (Å²) in [6.45, 7) is 12.6. The summed E-state index contributed by atoms with van der Waals surface area (Å²) in [5.74, 6) is 2.19. The highest BCUT2D eigenvalue weighted by Crippen LogP contribution is 2.29. The van der Waals surface area contributed by atoms with Crippen molar-refractivity contribution in [3.05, 3.63) is 63.2 Å². The second kappa shape index (κ2) is 14.9. The number of fused-ring (bicyclic) bond motifs is 1. The fourth-order valence-corrected chi connectivity index (χ4v) is 4.87. The number of nitrogens with zero attached hydrogens (tertiary/aromatic N) is 1. The van der Waals surface area contributed by atoms with Gasteiger partial charge in [0.2, 0.25) is 0 Å². The van der Waals surface area contributed by atoms with E-state index in [0.29, 0.717) is 17.9 Å². The third-order valence-corrected chi connectivity index (χ3v) is 7.23. The SMILES string of the molecule is CCCC(CCC(C)CC)Cn1c(C)c(CO)c2ccccc21.CNCc1c(OC)cc(C)[nH]c1=O. The summed E-state index contributed by atoms with van der Waals surface area (Å²) >= 11 is 0. The molecule has 2 heterocycles. The van der Waals surface area contributed by atoms with Gasteiger partial charge in [0.25, 0.3) is 5.56 Å². The number of ether oxygens (including phenoxy) is 1. The number of aryl methyl sites for hydroxylation is 1. The predicted octanol–water partition coefficient (Wildman–Crippen LogP) is 6.10. The van der Waals surface area contributed by atoms with Gasteiger partial charge in [0.1, 0.15) is 5.75 Å². The summed E-state index contributed by atoms with van der Waals surface area (Å²) in [5, 5.41) is 13.9. The van der Waals surface area contributed by atoms with Crippen LogP contribution in [0.4, 0.5) is 0 Å². The molecule has 0 amide bonds. The van der Waals surface area contributed by atoms with E-state index in [1.807, 2.05) is 13.0 Å². The molecule has 0 aliphatic heterocycles. The Kier molecular flexibility index (Phi) is 12.2. The summed E-state index contributed by atoms with van der Waals surface area (Å²) in [7, 11) is 3.35. The molecule has 200 valence electrons. The zero-order valence-corrected chi connectivity index (χ0v) is 23.4. The van der Waals surface area contributed by atoms with E-state index in [-0.39, 0.29) is 12.2 Å². The van der Waals surface area contributed by atoms with Crippen molar-refractivity contribution in [1.29, 1.82) is 0 Å². The zero-order chi connectivity index (χ0) is 26.7. The predicted molar refractivity (Wildman–Crippen MR) is 151 cm³/mol. The van der Waals surface area contributed by atoms with Crippen molar-refractivity contribution in [2.45, 2.75) is 86.4 Å². The highest BCUT2D eigenvalue weighted by Gasteiger charge is 2.17. The van der Waals surface area contributed by atoms with Gasteiger partial charge in [0.15, 0.2) is 0 Å². The van der Waals surface area contributed by atoms with Crippen molar-refractivity contribution in [2.24, 2.45) is 11.8 Å². The molecule has 36 heavy (non-hydrogen) atoms. The van der Waals surface area contributed by atoms with Gasteiger partial charge >= 0.3 is 0 Å². The monoisotopic (exact) mass is 497 g/mol. The van der Waals surface area contributed by atoms with Crippen molar-refractivity contribution in [2.75, 3.05) is 14.2 Å². The molecule has 0 saturated carbocycles. The molecule has 2 aromatic heterocycles. The Morgan fingerprint density at radius 3 is 2.44 bits per heavy atom. The number of hydrogen-bond acceptors (Lipinski definition) is 4. The quantitative estimate of drug-likeness (QED) is 0.283. The topological polar surface area (TPSA) is 79.3 Å². The highest BCUT2D eigenvalue weighted by molar-refractivity contribution is 5.85. The number of nitrogens with one attached hydrogen (secondary N) is 2. The summed E-state index contributed by atoms with van der Waals surface area (Å²) in [6, 6.07) is 10.3. The molecule has 3 aromatic rings. The number of aromatic amines is 1. The molecule has 0 saturated heterocycles. The van der Waals surface area contributed by atoms with Crippen LogP contribution in [0.5, 0.6) is 5.75 Å². The Bertz CT molecular complexity index is 1130. The second-order valence-corrected chi connectivity index (χ2v) is 9.95. The molecule has 6 nitrogen and oxygen atoms in total. The first-order chi connectivity index (χ1) is 17.3. The van der Waals surface area contributed by atoms with Crippen LogP contribution in [0.25, 0.3) is 10.9 Å². The lowest BCUT2D eigenvalue weighted by Gasteiger charge is -2.21. The molecule has 2 unspecified atom stereocenters. The molecule has 0 radical (unpaired) electrons. The maximum Gasteiger partial charge on any atom is 0.256 e. The van der Waals surface area contributed by atoms with Crippen LogP contribution in [0.1, 0.15) is 75.4 Å². The van der Waals surface area contributed by atoms with Crippen LogP contribution in [0.3, 0.4) is 0 Å². The van der Waals surface area contributed by atoms with Crippen LogP contribution >= 0.6 is 0 Å². The van der Waals surface area contributed by atoms with E-state index in [1.165, 1.54) is 48.7 Å². The minimum atomic E-state index is -0.0915. The summed E-state index contributed by atoms with van der Waals surface area (Å²) in [4.78, 5) is 14.2. The Morgan fingerprint density at radius 1 is 1.11 bits per heavy atom. The van der Waals surface area contributed by atoms with Gasteiger partial charge in [-0.15, -0.1) is 0 Å². The summed E-state index contributed by atoms with van der Waals surface area (Å²) < 4.78 is 7.54. The van der Waals surface area contributed by atoms with Gasteiger partial charge in [-0.1, -0.05) is 58.2 Å². The average Bonchev–Trinajstić information content (AvgIpc) is 3.14. The van der Waals surface area contributed by atoms with Gasteiger partial charge in [0, 0.05) is 40.9 Å². The van der Waals surface area contributed by atoms with Crippen molar-refractivity contribution in [3.63, 3.8) is 0 Å². The number of aromatic nitrogens is 2. The minimum absolute atomic E-state index is 0.0915. The van der Waals surface area contributed by atoms with Gasteiger partial charge in [-0.3, -0.25) is 4.79 Å². The van der Waals surface area contributed by atoms with Crippen LogP contribution in [0, 0.1) is 25.7 Å². The Morgan fingerprint density at radius 2 is 1.83 bits per heavy atom. The Hall–Kier alpha value is -2.57. The van der Waals surface area contributed by atoms with E-state index in [1.54, 1.807) is 14.2 Å². The van der Waals surface area contributed by atoms with E-state index >= 15 is 0 Å². The molecule has 0 spiro atoms. The molecule has 2 atom stereocenters. The van der Waals surface area contributed by atoms with Crippen LogP contribution < -0.4 is 15.6 Å². The number of methoxy groups -OCH3 is 1. The van der Waals surface area contributed by atoms with Gasteiger partial charge in [-0.25, -0.2) is 0 Å². The van der Waals surface area contributed by atoms with Crippen LogP contribution in [0.15, 0.2) is 35.1 Å². The molecule has 1 aromatic carbocycles. The third-order valence-electron chi connectivity index (χ3n) is 7.23. The number of para-hydroxylation sites is 1. The fraction of sp³-hybridized carbons (Fsp3) is 0.567. The van der Waals surface area contributed by atoms with E-state index in [2.05, 4.69) is 66.8 Å². The number of hydrogen-bond donors (Lipinski definition) is 3. The number of H-pyrrole nitrogens is 1. The van der Waals surface area contributed by atoms with Crippen LogP contribution in [0.2, 0.25) is 0 Å². The van der Waals surface area contributed by atoms with Gasteiger partial charge < -0.3 is 24.7 Å². The summed E-state index contributed by atoms with van der Waals surface area (Å²) in [5.41, 5.74) is 4.96. The van der Waals surface area contributed by atoms with Crippen LogP contribution in [-0.4, -0.2) is 28.8 Å².